The zero-order valence-corrected chi connectivity index (χ0v) is 12.2. The highest BCUT2D eigenvalue weighted by Gasteiger charge is 2.07. The number of rotatable bonds is 7. The lowest BCUT2D eigenvalue weighted by Gasteiger charge is -2.15. The maximum atomic E-state index is 5.61. The molecule has 0 aliphatic carbocycles. The highest BCUT2D eigenvalue weighted by atomic mass is 16.5. The van der Waals surface area contributed by atoms with Crippen molar-refractivity contribution >= 4 is 5.95 Å². The molecule has 0 aromatic carbocycles. The van der Waals surface area contributed by atoms with Crippen LogP contribution in [0.3, 0.4) is 0 Å². The lowest BCUT2D eigenvalue weighted by Crippen LogP contribution is -2.18. The van der Waals surface area contributed by atoms with Crippen LogP contribution in [0.4, 0.5) is 5.95 Å². The van der Waals surface area contributed by atoms with Crippen LogP contribution in [-0.2, 0) is 0 Å². The highest BCUT2D eigenvalue weighted by molar-refractivity contribution is 5.31. The minimum atomic E-state index is 0.129. The Morgan fingerprint density at radius 2 is 2.00 bits per heavy atom. The quantitative estimate of drug-likeness (QED) is 0.805. The molecule has 4 nitrogen and oxygen atoms in total. The first-order valence-corrected chi connectivity index (χ1v) is 6.80. The number of nitrogens with one attached hydrogen (secondary N) is 1. The topological polar surface area (TPSA) is 47.0 Å². The minimum absolute atomic E-state index is 0.129. The van der Waals surface area contributed by atoms with Gasteiger partial charge in [0.1, 0.15) is 0 Å². The average molecular weight is 251 g/mol. The van der Waals surface area contributed by atoms with E-state index in [4.69, 9.17) is 4.74 Å². The molecule has 1 unspecified atom stereocenters. The molecule has 1 atom stereocenters. The lowest BCUT2D eigenvalue weighted by molar-refractivity contribution is 0.232. The standard InChI is InChI=1S/C14H25N3O/c1-6-7-8-11(4)15-14-16-12(5)9-13(17-14)18-10(2)3/h9-11H,6-8H2,1-5H3,(H,15,16,17). The SMILES string of the molecule is CCCCC(C)Nc1nc(C)cc(OC(C)C)n1. The average Bonchev–Trinajstić information content (AvgIpc) is 2.24. The van der Waals surface area contributed by atoms with Crippen molar-refractivity contribution in [1.29, 1.82) is 0 Å². The Hall–Kier alpha value is -1.32. The molecule has 0 aliphatic rings. The third-order valence-corrected chi connectivity index (χ3v) is 2.55. The van der Waals surface area contributed by atoms with Crippen LogP contribution in [-0.4, -0.2) is 22.1 Å². The molecule has 102 valence electrons. The van der Waals surface area contributed by atoms with E-state index >= 15 is 0 Å². The fourth-order valence-electron chi connectivity index (χ4n) is 1.71. The van der Waals surface area contributed by atoms with Crippen molar-refractivity contribution in [1.82, 2.24) is 9.97 Å². The van der Waals surface area contributed by atoms with Crippen LogP contribution in [0.2, 0.25) is 0 Å². The Balaban J connectivity index is 2.67. The van der Waals surface area contributed by atoms with Crippen molar-refractivity contribution in [3.63, 3.8) is 0 Å². The number of ether oxygens (including phenoxy) is 1. The van der Waals surface area contributed by atoms with Crippen LogP contribution in [0.15, 0.2) is 6.07 Å². The molecule has 0 bridgehead atoms. The first-order chi connectivity index (χ1) is 8.51. The van der Waals surface area contributed by atoms with Gasteiger partial charge >= 0.3 is 0 Å². The second kappa shape index (κ2) is 7.19. The maximum absolute atomic E-state index is 5.61. The molecule has 18 heavy (non-hydrogen) atoms. The minimum Gasteiger partial charge on any atom is -0.475 e. The Bertz CT molecular complexity index is 366. The Kier molecular flexibility index (Phi) is 5.89. The molecular weight excluding hydrogens is 226 g/mol. The molecule has 1 aromatic rings. The predicted octanol–water partition coefficient (Wildman–Crippen LogP) is 3.56. The van der Waals surface area contributed by atoms with Gasteiger partial charge in [-0.25, -0.2) is 4.98 Å². The van der Waals surface area contributed by atoms with Crippen molar-refractivity contribution in [3.05, 3.63) is 11.8 Å². The number of unbranched alkanes of at least 4 members (excludes halogenated alkanes) is 1. The summed E-state index contributed by atoms with van der Waals surface area (Å²) in [4.78, 5) is 8.76. The van der Waals surface area contributed by atoms with Gasteiger partial charge in [0.2, 0.25) is 11.8 Å². The molecule has 0 saturated carbocycles. The molecule has 0 spiro atoms. The third kappa shape index (κ3) is 5.34. The number of aromatic nitrogens is 2. The van der Waals surface area contributed by atoms with Crippen LogP contribution in [0.1, 0.15) is 52.7 Å². The molecule has 0 fully saturated rings. The smallest absolute Gasteiger partial charge is 0.226 e. The van der Waals surface area contributed by atoms with E-state index in [0.29, 0.717) is 17.9 Å². The van der Waals surface area contributed by atoms with Crippen molar-refractivity contribution < 1.29 is 4.74 Å². The monoisotopic (exact) mass is 251 g/mol. The van der Waals surface area contributed by atoms with Gasteiger partial charge in [0.25, 0.3) is 0 Å². The van der Waals surface area contributed by atoms with Gasteiger partial charge in [0.15, 0.2) is 0 Å². The van der Waals surface area contributed by atoms with E-state index in [2.05, 4.69) is 29.1 Å². The van der Waals surface area contributed by atoms with Gasteiger partial charge in [-0.15, -0.1) is 0 Å². The van der Waals surface area contributed by atoms with Crippen molar-refractivity contribution in [3.8, 4) is 5.88 Å². The Morgan fingerprint density at radius 1 is 1.28 bits per heavy atom. The molecular formula is C14H25N3O. The number of anilines is 1. The van der Waals surface area contributed by atoms with Crippen LogP contribution in [0.5, 0.6) is 5.88 Å². The van der Waals surface area contributed by atoms with Gasteiger partial charge in [0, 0.05) is 17.8 Å². The van der Waals surface area contributed by atoms with Crippen molar-refractivity contribution in [2.45, 2.75) is 66.0 Å². The number of hydrogen-bond donors (Lipinski definition) is 1. The first kappa shape index (κ1) is 14.7. The van der Waals surface area contributed by atoms with Gasteiger partial charge in [0.05, 0.1) is 6.10 Å². The second-order valence-electron chi connectivity index (χ2n) is 5.03. The molecule has 0 radical (unpaired) electrons. The van der Waals surface area contributed by atoms with Crippen LogP contribution >= 0.6 is 0 Å². The van der Waals surface area contributed by atoms with Crippen molar-refractivity contribution in [2.75, 3.05) is 5.32 Å². The highest BCUT2D eigenvalue weighted by Crippen LogP contribution is 2.15. The number of nitrogens with zero attached hydrogens (tertiary/aromatic N) is 2. The van der Waals surface area contributed by atoms with E-state index in [1.807, 2.05) is 26.8 Å². The molecule has 0 saturated heterocycles. The van der Waals surface area contributed by atoms with E-state index in [-0.39, 0.29) is 6.10 Å². The van der Waals surface area contributed by atoms with Gasteiger partial charge in [-0.3, -0.25) is 0 Å². The molecule has 1 heterocycles. The maximum Gasteiger partial charge on any atom is 0.226 e. The van der Waals surface area contributed by atoms with Gasteiger partial charge in [-0.2, -0.15) is 4.98 Å². The summed E-state index contributed by atoms with van der Waals surface area (Å²) in [5, 5.41) is 3.33. The first-order valence-electron chi connectivity index (χ1n) is 6.80. The summed E-state index contributed by atoms with van der Waals surface area (Å²) in [5.74, 6) is 1.30. The van der Waals surface area contributed by atoms with Gasteiger partial charge in [-0.05, 0) is 34.1 Å². The Morgan fingerprint density at radius 3 is 2.61 bits per heavy atom. The summed E-state index contributed by atoms with van der Waals surface area (Å²) in [6.07, 6.45) is 3.69. The number of hydrogen-bond acceptors (Lipinski definition) is 4. The molecule has 4 heteroatoms. The van der Waals surface area contributed by atoms with E-state index in [1.54, 1.807) is 0 Å². The third-order valence-electron chi connectivity index (χ3n) is 2.55. The second-order valence-corrected chi connectivity index (χ2v) is 5.03. The summed E-state index contributed by atoms with van der Waals surface area (Å²) in [6.45, 7) is 10.3. The molecule has 0 aliphatic heterocycles. The fourth-order valence-corrected chi connectivity index (χ4v) is 1.71. The summed E-state index contributed by atoms with van der Waals surface area (Å²) in [5.41, 5.74) is 0.922. The van der Waals surface area contributed by atoms with Crippen LogP contribution in [0, 0.1) is 6.92 Å². The summed E-state index contributed by atoms with van der Waals surface area (Å²) in [6, 6.07) is 2.25. The van der Waals surface area contributed by atoms with Crippen molar-refractivity contribution in [2.24, 2.45) is 0 Å². The molecule has 1 rings (SSSR count). The van der Waals surface area contributed by atoms with Crippen LogP contribution < -0.4 is 10.1 Å². The van der Waals surface area contributed by atoms with E-state index < -0.39 is 0 Å². The number of aryl methyl sites for hydroxylation is 1. The molecule has 1 N–H and O–H groups in total. The van der Waals surface area contributed by atoms with Crippen LogP contribution in [0.25, 0.3) is 0 Å². The predicted molar refractivity (Wildman–Crippen MR) is 75.1 cm³/mol. The zero-order valence-electron chi connectivity index (χ0n) is 12.2. The largest absolute Gasteiger partial charge is 0.475 e. The van der Waals surface area contributed by atoms with Gasteiger partial charge < -0.3 is 10.1 Å². The summed E-state index contributed by atoms with van der Waals surface area (Å²) in [7, 11) is 0. The molecule has 1 aromatic heterocycles. The zero-order chi connectivity index (χ0) is 13.5. The van der Waals surface area contributed by atoms with E-state index in [0.717, 1.165) is 12.1 Å². The van der Waals surface area contributed by atoms with Gasteiger partial charge in [-0.1, -0.05) is 19.8 Å². The Labute approximate surface area is 110 Å². The normalized spacial score (nSPS) is 12.6. The lowest BCUT2D eigenvalue weighted by atomic mass is 10.1. The molecule has 0 amide bonds. The van der Waals surface area contributed by atoms with E-state index in [1.165, 1.54) is 12.8 Å². The van der Waals surface area contributed by atoms with E-state index in [9.17, 15) is 0 Å². The summed E-state index contributed by atoms with van der Waals surface area (Å²) >= 11 is 0. The summed E-state index contributed by atoms with van der Waals surface area (Å²) < 4.78 is 5.61. The fraction of sp³-hybridized carbons (Fsp3) is 0.714.